The molecule has 0 amide bonds. The molecule has 4 nitrogen and oxygen atoms in total. The molecular formula is C13H28NO3S+. The van der Waals surface area contributed by atoms with Gasteiger partial charge in [-0.15, -0.1) is 0 Å². The summed E-state index contributed by atoms with van der Waals surface area (Å²) in [6, 6.07) is 0. The van der Waals surface area contributed by atoms with Gasteiger partial charge in [0.05, 0.1) is 31.6 Å². The van der Waals surface area contributed by atoms with Crippen molar-refractivity contribution in [2.75, 3.05) is 26.7 Å². The van der Waals surface area contributed by atoms with Gasteiger partial charge in [0.25, 0.3) is 10.1 Å². The maximum atomic E-state index is 10.5. The lowest BCUT2D eigenvalue weighted by Gasteiger charge is -2.30. The Kier molecular flexibility index (Phi) is 7.75. The van der Waals surface area contributed by atoms with Crippen LogP contribution in [0.1, 0.15) is 46.5 Å². The molecule has 0 aromatic rings. The van der Waals surface area contributed by atoms with Crippen molar-refractivity contribution in [1.82, 2.24) is 0 Å². The van der Waals surface area contributed by atoms with Crippen LogP contribution < -0.4 is 0 Å². The first-order chi connectivity index (χ1) is 8.29. The van der Waals surface area contributed by atoms with Crippen molar-refractivity contribution in [1.29, 1.82) is 0 Å². The fraction of sp³-hybridized carbons (Fsp3) is 0.846. The van der Waals surface area contributed by atoms with E-state index in [1.807, 2.05) is 0 Å². The maximum absolute atomic E-state index is 10.5. The molecule has 0 atom stereocenters. The van der Waals surface area contributed by atoms with Crippen molar-refractivity contribution in [2.45, 2.75) is 46.5 Å². The van der Waals surface area contributed by atoms with E-state index in [1.54, 1.807) is 6.08 Å². The number of quaternary nitrogens is 1. The van der Waals surface area contributed by atoms with E-state index >= 15 is 0 Å². The van der Waals surface area contributed by atoms with Gasteiger partial charge >= 0.3 is 0 Å². The highest BCUT2D eigenvalue weighted by Crippen LogP contribution is 2.20. The van der Waals surface area contributed by atoms with Gasteiger partial charge in [0.1, 0.15) is 0 Å². The average molecular weight is 278 g/mol. The van der Waals surface area contributed by atoms with E-state index in [9.17, 15) is 8.42 Å². The molecule has 0 saturated heterocycles. The topological polar surface area (TPSA) is 54.4 Å². The van der Waals surface area contributed by atoms with Crippen LogP contribution in [0, 0.1) is 0 Å². The number of hydrogen-bond acceptors (Lipinski definition) is 2. The second-order valence-corrected chi connectivity index (χ2v) is 6.43. The third-order valence-electron chi connectivity index (χ3n) is 3.87. The lowest BCUT2D eigenvalue weighted by atomic mass is 10.1. The van der Waals surface area contributed by atoms with E-state index < -0.39 is 10.1 Å². The van der Waals surface area contributed by atoms with E-state index in [4.69, 9.17) is 4.55 Å². The summed E-state index contributed by atoms with van der Waals surface area (Å²) in [5.74, 6) is 0. The summed E-state index contributed by atoms with van der Waals surface area (Å²) >= 11 is 0. The largest absolute Gasteiger partial charge is 0.327 e. The quantitative estimate of drug-likeness (QED) is 0.635. The van der Waals surface area contributed by atoms with Gasteiger partial charge in [-0.1, -0.05) is 6.08 Å². The molecular weight excluding hydrogens is 250 g/mol. The summed E-state index contributed by atoms with van der Waals surface area (Å²) < 4.78 is 30.7. The molecule has 0 aromatic carbocycles. The fourth-order valence-corrected chi connectivity index (χ4v) is 2.44. The van der Waals surface area contributed by atoms with Crippen LogP contribution in [0.4, 0.5) is 0 Å². The second kappa shape index (κ2) is 7.92. The third-order valence-corrected chi connectivity index (χ3v) is 4.90. The molecule has 0 fully saturated rings. The van der Waals surface area contributed by atoms with Crippen LogP contribution in [0.3, 0.4) is 0 Å². The minimum absolute atomic E-state index is 0.193. The maximum Gasteiger partial charge on any atom is 0.290 e. The summed E-state index contributed by atoms with van der Waals surface area (Å²) in [5, 5.41) is 0. The Hall–Kier alpha value is -0.390. The van der Waals surface area contributed by atoms with Crippen LogP contribution in [0.15, 0.2) is 11.0 Å². The molecule has 0 unspecified atom stereocenters. The minimum Gasteiger partial charge on any atom is -0.327 e. The van der Waals surface area contributed by atoms with Crippen molar-refractivity contribution in [3.05, 3.63) is 11.0 Å². The molecule has 108 valence electrons. The summed E-state index contributed by atoms with van der Waals surface area (Å²) in [6.45, 7) is 10.5. The molecule has 0 saturated carbocycles. The predicted molar refractivity (Wildman–Crippen MR) is 75.9 cm³/mol. The Balaban J connectivity index is 0.000000331. The van der Waals surface area contributed by atoms with Gasteiger partial charge in [-0.2, -0.15) is 8.42 Å². The Labute approximate surface area is 112 Å². The molecule has 1 aliphatic carbocycles. The minimum atomic E-state index is -3.86. The molecule has 1 aliphatic rings. The van der Waals surface area contributed by atoms with Gasteiger partial charge in [-0.05, 0) is 46.5 Å². The van der Waals surface area contributed by atoms with Crippen LogP contribution in [0.5, 0.6) is 0 Å². The Bertz CT molecular complexity index is 348. The highest BCUT2D eigenvalue weighted by Gasteiger charge is 2.15. The highest BCUT2D eigenvalue weighted by atomic mass is 32.2. The summed E-state index contributed by atoms with van der Waals surface area (Å²) in [7, 11) is -1.57. The average Bonchev–Trinajstić information content (AvgIpc) is 2.39. The zero-order valence-corrected chi connectivity index (χ0v) is 13.0. The number of nitrogens with zero attached hydrogens (tertiary/aromatic N) is 1. The zero-order chi connectivity index (χ0) is 14.2. The third kappa shape index (κ3) is 6.52. The van der Waals surface area contributed by atoms with E-state index in [0.717, 1.165) is 19.3 Å². The normalized spacial score (nSPS) is 16.6. The van der Waals surface area contributed by atoms with Crippen LogP contribution in [0.25, 0.3) is 0 Å². The summed E-state index contributed by atoms with van der Waals surface area (Å²) in [6.07, 6.45) is 4.76. The Morgan fingerprint density at radius 2 is 1.67 bits per heavy atom. The molecule has 1 rings (SSSR count). The van der Waals surface area contributed by atoms with Crippen molar-refractivity contribution in [3.63, 3.8) is 0 Å². The molecule has 0 aliphatic heterocycles. The first-order valence-corrected chi connectivity index (χ1v) is 8.23. The fourth-order valence-electron chi connectivity index (χ4n) is 1.71. The molecule has 5 heteroatoms. The van der Waals surface area contributed by atoms with Crippen molar-refractivity contribution in [3.8, 4) is 0 Å². The first kappa shape index (κ1) is 17.6. The zero-order valence-electron chi connectivity index (χ0n) is 12.1. The van der Waals surface area contributed by atoms with Crippen LogP contribution >= 0.6 is 0 Å². The second-order valence-electron chi connectivity index (χ2n) is 4.96. The van der Waals surface area contributed by atoms with Crippen molar-refractivity contribution >= 4 is 10.1 Å². The number of allylic oxidation sites excluding steroid dienone is 2. The van der Waals surface area contributed by atoms with Crippen LogP contribution in [0.2, 0.25) is 0 Å². The van der Waals surface area contributed by atoms with E-state index in [1.165, 1.54) is 24.1 Å². The highest BCUT2D eigenvalue weighted by molar-refractivity contribution is 7.89. The predicted octanol–water partition coefficient (Wildman–Crippen LogP) is 2.82. The SMILES string of the molecule is CC[N+](C)(CC)CC.O=S(=O)(O)C1=CCCCC1. The van der Waals surface area contributed by atoms with Crippen LogP contribution in [-0.4, -0.2) is 44.1 Å². The smallest absolute Gasteiger partial charge is 0.290 e. The lowest BCUT2D eigenvalue weighted by molar-refractivity contribution is -0.904. The van der Waals surface area contributed by atoms with Gasteiger partial charge in [0.2, 0.25) is 0 Å². The molecule has 0 heterocycles. The van der Waals surface area contributed by atoms with Crippen LogP contribution in [-0.2, 0) is 10.1 Å². The van der Waals surface area contributed by atoms with Crippen molar-refractivity contribution in [2.24, 2.45) is 0 Å². The molecule has 0 spiro atoms. The number of hydrogen-bond donors (Lipinski definition) is 1. The molecule has 0 radical (unpaired) electrons. The van der Waals surface area contributed by atoms with Gasteiger partial charge < -0.3 is 4.48 Å². The molecule has 18 heavy (non-hydrogen) atoms. The molecule has 0 aromatic heterocycles. The first-order valence-electron chi connectivity index (χ1n) is 6.79. The van der Waals surface area contributed by atoms with Gasteiger partial charge in [0, 0.05) is 0 Å². The molecule has 0 bridgehead atoms. The molecule has 1 N–H and O–H groups in total. The van der Waals surface area contributed by atoms with E-state index in [-0.39, 0.29) is 4.91 Å². The lowest BCUT2D eigenvalue weighted by Crippen LogP contribution is -2.42. The number of rotatable bonds is 4. The van der Waals surface area contributed by atoms with E-state index in [2.05, 4.69) is 27.8 Å². The summed E-state index contributed by atoms with van der Waals surface area (Å²) in [5.41, 5.74) is 0. The van der Waals surface area contributed by atoms with E-state index in [0.29, 0.717) is 6.42 Å². The van der Waals surface area contributed by atoms with Crippen molar-refractivity contribution < 1.29 is 17.5 Å². The summed E-state index contributed by atoms with van der Waals surface area (Å²) in [4.78, 5) is 0.193. The van der Waals surface area contributed by atoms with Gasteiger partial charge in [-0.3, -0.25) is 4.55 Å². The Morgan fingerprint density at radius 3 is 1.83 bits per heavy atom. The standard InChI is InChI=1S/C7H18N.C6H10O3S/c1-5-8(4,6-2)7-3;7-10(8,9)6-4-2-1-3-5-6/h5-7H2,1-4H3;4H,1-3,5H2,(H,7,8,9)/q+1;. The Morgan fingerprint density at radius 1 is 1.17 bits per heavy atom. The van der Waals surface area contributed by atoms with Gasteiger partial charge in [0.15, 0.2) is 0 Å². The monoisotopic (exact) mass is 278 g/mol. The van der Waals surface area contributed by atoms with Gasteiger partial charge in [-0.25, -0.2) is 0 Å².